The van der Waals surface area contributed by atoms with Crippen molar-refractivity contribution in [1.29, 1.82) is 0 Å². The second-order valence-corrected chi connectivity index (χ2v) is 6.04. The van der Waals surface area contributed by atoms with Gasteiger partial charge in [0.05, 0.1) is 0 Å². The number of carbonyl (C=O) groups is 1. The van der Waals surface area contributed by atoms with Crippen molar-refractivity contribution in [1.82, 2.24) is 5.32 Å². The number of aryl methyl sites for hydroxylation is 1. The van der Waals surface area contributed by atoms with Gasteiger partial charge in [-0.3, -0.25) is 4.79 Å². The van der Waals surface area contributed by atoms with E-state index in [0.29, 0.717) is 12.5 Å². The number of anilines is 1. The molecule has 112 valence electrons. The van der Waals surface area contributed by atoms with Crippen LogP contribution < -0.4 is 10.6 Å². The summed E-state index contributed by atoms with van der Waals surface area (Å²) in [6.45, 7) is 3.16. The van der Waals surface area contributed by atoms with E-state index in [1.54, 1.807) is 0 Å². The molecule has 0 bridgehead atoms. The monoisotopic (exact) mass is 314 g/mol. The molecule has 1 aromatic carbocycles. The van der Waals surface area contributed by atoms with E-state index in [4.69, 9.17) is 0 Å². The smallest absolute Gasteiger partial charge is 0.225 e. The van der Waals surface area contributed by atoms with E-state index < -0.39 is 0 Å². The van der Waals surface area contributed by atoms with Crippen LogP contribution in [0.4, 0.5) is 5.69 Å². The molecule has 1 heterocycles. The fourth-order valence-corrected chi connectivity index (χ4v) is 3.25. The van der Waals surface area contributed by atoms with Gasteiger partial charge >= 0.3 is 0 Å². The fourth-order valence-electron chi connectivity index (χ4n) is 2.31. The van der Waals surface area contributed by atoms with Gasteiger partial charge in [-0.25, -0.2) is 0 Å². The molecule has 20 heavy (non-hydrogen) atoms. The van der Waals surface area contributed by atoms with Gasteiger partial charge in [0.1, 0.15) is 0 Å². The highest BCUT2D eigenvalue weighted by Gasteiger charge is 2.17. The van der Waals surface area contributed by atoms with Crippen molar-refractivity contribution in [3.63, 3.8) is 0 Å². The lowest BCUT2D eigenvalue weighted by molar-refractivity contribution is -0.116. The van der Waals surface area contributed by atoms with Crippen LogP contribution in [0.3, 0.4) is 0 Å². The van der Waals surface area contributed by atoms with Crippen LogP contribution in [0.25, 0.3) is 0 Å². The van der Waals surface area contributed by atoms with Gasteiger partial charge in [-0.2, -0.15) is 11.8 Å². The Morgan fingerprint density at radius 2 is 2.25 bits per heavy atom. The van der Waals surface area contributed by atoms with Gasteiger partial charge in [0.2, 0.25) is 5.91 Å². The van der Waals surface area contributed by atoms with Crippen LogP contribution in [0.1, 0.15) is 25.3 Å². The van der Waals surface area contributed by atoms with Crippen LogP contribution >= 0.6 is 24.2 Å². The third-order valence-corrected chi connectivity index (χ3v) is 4.37. The number of para-hydroxylation sites is 1. The van der Waals surface area contributed by atoms with Crippen molar-refractivity contribution in [3.8, 4) is 0 Å². The van der Waals surface area contributed by atoms with Crippen LogP contribution in [-0.2, 0) is 11.2 Å². The van der Waals surface area contributed by atoms with Crippen molar-refractivity contribution in [2.24, 2.45) is 0 Å². The zero-order valence-electron chi connectivity index (χ0n) is 11.9. The number of halogens is 1. The molecule has 3 nitrogen and oxygen atoms in total. The molecule has 0 saturated carbocycles. The number of carbonyl (C=O) groups excluding carboxylic acids is 1. The number of benzene rings is 1. The average Bonchev–Trinajstić information content (AvgIpc) is 2.42. The van der Waals surface area contributed by atoms with E-state index in [1.165, 1.54) is 5.56 Å². The topological polar surface area (TPSA) is 41.1 Å². The Morgan fingerprint density at radius 1 is 1.45 bits per heavy atom. The Kier molecular flexibility index (Phi) is 8.04. The minimum atomic E-state index is 0. The predicted octanol–water partition coefficient (Wildman–Crippen LogP) is 3.09. The van der Waals surface area contributed by atoms with Crippen molar-refractivity contribution in [2.45, 2.75) is 32.2 Å². The highest BCUT2D eigenvalue weighted by molar-refractivity contribution is 7.99. The molecule has 0 aromatic heterocycles. The van der Waals surface area contributed by atoms with Gasteiger partial charge in [0, 0.05) is 36.2 Å². The molecule has 1 aliphatic rings. The van der Waals surface area contributed by atoms with Crippen molar-refractivity contribution >= 4 is 35.8 Å². The molecule has 1 unspecified atom stereocenters. The Balaban J connectivity index is 0.00000200. The summed E-state index contributed by atoms with van der Waals surface area (Å²) >= 11 is 1.92. The van der Waals surface area contributed by atoms with E-state index >= 15 is 0 Å². The minimum Gasteiger partial charge on any atom is -0.326 e. The van der Waals surface area contributed by atoms with Crippen molar-refractivity contribution in [2.75, 3.05) is 23.4 Å². The lowest BCUT2D eigenvalue weighted by atomic mass is 10.1. The molecule has 1 aromatic rings. The number of rotatable bonds is 5. The Bertz CT molecular complexity index is 422. The zero-order chi connectivity index (χ0) is 13.5. The van der Waals surface area contributed by atoms with Crippen LogP contribution in [0.5, 0.6) is 0 Å². The molecule has 1 aliphatic heterocycles. The summed E-state index contributed by atoms with van der Waals surface area (Å²) in [5.74, 6) is 2.30. The number of thioether (sulfide) groups is 1. The largest absolute Gasteiger partial charge is 0.326 e. The summed E-state index contributed by atoms with van der Waals surface area (Å²) in [6.07, 6.45) is 2.66. The number of nitrogens with one attached hydrogen (secondary N) is 2. The molecular formula is C15H23ClN2OS. The molecule has 2 N–H and O–H groups in total. The van der Waals surface area contributed by atoms with E-state index in [2.05, 4.69) is 23.6 Å². The van der Waals surface area contributed by atoms with Gasteiger partial charge in [0.25, 0.3) is 0 Å². The molecule has 0 radical (unpaired) electrons. The first-order valence-electron chi connectivity index (χ1n) is 6.98. The van der Waals surface area contributed by atoms with Crippen LogP contribution in [0.15, 0.2) is 24.3 Å². The maximum Gasteiger partial charge on any atom is 0.225 e. The van der Waals surface area contributed by atoms with Gasteiger partial charge in [-0.15, -0.1) is 12.4 Å². The van der Waals surface area contributed by atoms with E-state index in [0.717, 1.165) is 36.6 Å². The zero-order valence-corrected chi connectivity index (χ0v) is 13.5. The highest BCUT2D eigenvalue weighted by Crippen LogP contribution is 2.18. The number of hydrogen-bond donors (Lipinski definition) is 2. The van der Waals surface area contributed by atoms with Crippen LogP contribution in [0.2, 0.25) is 0 Å². The van der Waals surface area contributed by atoms with Crippen molar-refractivity contribution in [3.05, 3.63) is 29.8 Å². The summed E-state index contributed by atoms with van der Waals surface area (Å²) < 4.78 is 0. The lowest BCUT2D eigenvalue weighted by Gasteiger charge is -2.22. The summed E-state index contributed by atoms with van der Waals surface area (Å²) in [5.41, 5.74) is 2.20. The first-order valence-corrected chi connectivity index (χ1v) is 8.14. The maximum absolute atomic E-state index is 12.1. The quantitative estimate of drug-likeness (QED) is 0.877. The fraction of sp³-hybridized carbons (Fsp3) is 0.533. The van der Waals surface area contributed by atoms with E-state index in [1.807, 2.05) is 30.0 Å². The van der Waals surface area contributed by atoms with Gasteiger partial charge < -0.3 is 10.6 Å². The summed E-state index contributed by atoms with van der Waals surface area (Å²) in [5, 5.41) is 6.45. The summed E-state index contributed by atoms with van der Waals surface area (Å²) in [4.78, 5) is 12.1. The van der Waals surface area contributed by atoms with Crippen molar-refractivity contribution < 1.29 is 4.79 Å². The maximum atomic E-state index is 12.1. The minimum absolute atomic E-state index is 0. The molecule has 1 amide bonds. The number of amides is 1. The summed E-state index contributed by atoms with van der Waals surface area (Å²) in [6, 6.07) is 8.40. The van der Waals surface area contributed by atoms with Crippen LogP contribution in [0, 0.1) is 0 Å². The van der Waals surface area contributed by atoms with Gasteiger partial charge in [-0.05, 0) is 18.1 Å². The summed E-state index contributed by atoms with van der Waals surface area (Å²) in [7, 11) is 0. The second-order valence-electron chi connectivity index (χ2n) is 4.89. The Morgan fingerprint density at radius 3 is 2.95 bits per heavy atom. The third kappa shape index (κ3) is 5.35. The molecule has 5 heteroatoms. The molecule has 2 rings (SSSR count). The molecule has 1 fully saturated rings. The SMILES string of the molecule is CCCc1ccccc1NC(=O)CC1CSCCN1.Cl. The standard InChI is InChI=1S/C15H22N2OS.ClH/c1-2-5-12-6-3-4-7-14(12)17-15(18)10-13-11-19-9-8-16-13;/h3-4,6-7,13,16H,2,5,8-11H2,1H3,(H,17,18);1H. The molecule has 1 saturated heterocycles. The average molecular weight is 315 g/mol. The predicted molar refractivity (Wildman–Crippen MR) is 90.0 cm³/mol. The lowest BCUT2D eigenvalue weighted by Crippen LogP contribution is -2.39. The molecular weight excluding hydrogens is 292 g/mol. The molecule has 0 aliphatic carbocycles. The first kappa shape index (κ1) is 17.3. The van der Waals surface area contributed by atoms with Gasteiger partial charge in [0.15, 0.2) is 0 Å². The first-order chi connectivity index (χ1) is 9.29. The number of hydrogen-bond acceptors (Lipinski definition) is 3. The molecule has 1 atom stereocenters. The van der Waals surface area contributed by atoms with E-state index in [-0.39, 0.29) is 18.3 Å². The van der Waals surface area contributed by atoms with E-state index in [9.17, 15) is 4.79 Å². The molecule has 0 spiro atoms. The third-order valence-electron chi connectivity index (χ3n) is 3.24. The Labute approximate surface area is 131 Å². The normalized spacial score (nSPS) is 18.1. The van der Waals surface area contributed by atoms with Gasteiger partial charge in [-0.1, -0.05) is 31.5 Å². The Hall–Kier alpha value is -0.710. The highest BCUT2D eigenvalue weighted by atomic mass is 35.5. The van der Waals surface area contributed by atoms with Crippen LogP contribution in [-0.4, -0.2) is 30.0 Å². The second kappa shape index (κ2) is 9.27.